The van der Waals surface area contributed by atoms with Crippen LogP contribution >= 0.6 is 0 Å². The van der Waals surface area contributed by atoms with E-state index in [1.807, 2.05) is 0 Å². The number of nitrogens with one attached hydrogen (secondary N) is 1. The van der Waals surface area contributed by atoms with Gasteiger partial charge < -0.3 is 4.98 Å². The molecule has 0 aliphatic carbocycles. The van der Waals surface area contributed by atoms with Gasteiger partial charge in [0.15, 0.2) is 0 Å². The van der Waals surface area contributed by atoms with Gasteiger partial charge in [-0.1, -0.05) is 6.08 Å². The minimum atomic E-state index is -3.23. The average Bonchev–Trinajstić information content (AvgIpc) is 2.56. The van der Waals surface area contributed by atoms with Crippen LogP contribution in [0.15, 0.2) is 25.0 Å². The molecule has 0 radical (unpaired) electrons. The molecule has 0 aliphatic heterocycles. The molecule has 0 atom stereocenters. The van der Waals surface area contributed by atoms with Gasteiger partial charge in [0.2, 0.25) is 10.0 Å². The van der Waals surface area contributed by atoms with Crippen LogP contribution in [-0.2, 0) is 16.6 Å². The van der Waals surface area contributed by atoms with Gasteiger partial charge >= 0.3 is 0 Å². The molecule has 0 amide bonds. The van der Waals surface area contributed by atoms with E-state index in [0.29, 0.717) is 5.82 Å². The van der Waals surface area contributed by atoms with E-state index in [0.717, 1.165) is 0 Å². The molecule has 1 N–H and O–H groups in total. The molecule has 1 aromatic heterocycles. The Hall–Kier alpha value is -1.14. The Morgan fingerprint density at radius 3 is 2.93 bits per heavy atom. The predicted molar refractivity (Wildman–Crippen MR) is 54.0 cm³/mol. The molecule has 6 heteroatoms. The first-order chi connectivity index (χ1) is 6.56. The number of aromatic nitrogens is 2. The second-order valence-electron chi connectivity index (χ2n) is 2.86. The molecular formula is C8H13N3O2S. The minimum absolute atomic E-state index is 0.0514. The number of aromatic amines is 1. The molecule has 0 aromatic carbocycles. The van der Waals surface area contributed by atoms with Crippen LogP contribution in [0, 0.1) is 0 Å². The fraction of sp³-hybridized carbons (Fsp3) is 0.375. The number of sulfonamides is 1. The lowest BCUT2D eigenvalue weighted by Crippen LogP contribution is -2.28. The Morgan fingerprint density at radius 2 is 2.43 bits per heavy atom. The molecule has 0 aliphatic rings. The molecule has 14 heavy (non-hydrogen) atoms. The van der Waals surface area contributed by atoms with Gasteiger partial charge in [-0.15, -0.1) is 6.58 Å². The summed E-state index contributed by atoms with van der Waals surface area (Å²) in [6.45, 7) is 3.65. The van der Waals surface area contributed by atoms with Crippen LogP contribution in [0.5, 0.6) is 0 Å². The van der Waals surface area contributed by atoms with Gasteiger partial charge in [-0.05, 0) is 0 Å². The van der Waals surface area contributed by atoms with Crippen LogP contribution in [-0.4, -0.2) is 35.5 Å². The van der Waals surface area contributed by atoms with Gasteiger partial charge in [0.25, 0.3) is 0 Å². The molecule has 0 saturated carbocycles. The Bertz CT molecular complexity index is 383. The summed E-state index contributed by atoms with van der Waals surface area (Å²) in [6.07, 6.45) is 4.61. The molecule has 0 unspecified atom stereocenters. The van der Waals surface area contributed by atoms with Gasteiger partial charge in [-0.2, -0.15) is 4.31 Å². The molecule has 0 spiro atoms. The van der Waals surface area contributed by atoms with Crippen molar-refractivity contribution in [1.29, 1.82) is 0 Å². The third-order valence-corrected chi connectivity index (χ3v) is 3.47. The normalized spacial score (nSPS) is 11.9. The summed E-state index contributed by atoms with van der Waals surface area (Å²) in [5.41, 5.74) is 0. The number of rotatable bonds is 5. The smallest absolute Gasteiger partial charge is 0.217 e. The zero-order valence-electron chi connectivity index (χ0n) is 7.97. The zero-order valence-corrected chi connectivity index (χ0v) is 8.79. The molecule has 1 rings (SSSR count). The number of nitrogens with zero attached hydrogens (tertiary/aromatic N) is 2. The number of imidazole rings is 1. The highest BCUT2D eigenvalue weighted by molar-refractivity contribution is 7.89. The van der Waals surface area contributed by atoms with E-state index in [-0.39, 0.29) is 12.3 Å². The van der Waals surface area contributed by atoms with E-state index < -0.39 is 10.0 Å². The van der Waals surface area contributed by atoms with E-state index in [1.54, 1.807) is 12.4 Å². The Labute approximate surface area is 83.5 Å². The zero-order chi connectivity index (χ0) is 10.6. The largest absolute Gasteiger partial charge is 0.347 e. The summed E-state index contributed by atoms with van der Waals surface area (Å²) in [6, 6.07) is 0. The summed E-state index contributed by atoms with van der Waals surface area (Å²) in [7, 11) is -1.72. The Balaban J connectivity index is 2.67. The minimum Gasteiger partial charge on any atom is -0.347 e. The third kappa shape index (κ3) is 2.68. The van der Waals surface area contributed by atoms with Crippen molar-refractivity contribution in [3.8, 4) is 0 Å². The Kier molecular flexibility index (Phi) is 3.43. The monoisotopic (exact) mass is 215 g/mol. The number of hydrogen-bond acceptors (Lipinski definition) is 3. The predicted octanol–water partition coefficient (Wildman–Crippen LogP) is 0.357. The summed E-state index contributed by atoms with van der Waals surface area (Å²) in [5.74, 6) is 0.574. The van der Waals surface area contributed by atoms with Crippen molar-refractivity contribution in [2.24, 2.45) is 0 Å². The summed E-state index contributed by atoms with van der Waals surface area (Å²) >= 11 is 0. The van der Waals surface area contributed by atoms with Crippen molar-refractivity contribution < 1.29 is 8.42 Å². The average molecular weight is 215 g/mol. The lowest BCUT2D eigenvalue weighted by molar-refractivity contribution is 0.460. The second-order valence-corrected chi connectivity index (χ2v) is 4.98. The van der Waals surface area contributed by atoms with Crippen molar-refractivity contribution in [2.75, 3.05) is 12.8 Å². The number of hydrogen-bond donors (Lipinski definition) is 1. The van der Waals surface area contributed by atoms with Gasteiger partial charge in [-0.3, -0.25) is 0 Å². The molecule has 1 aromatic rings. The van der Waals surface area contributed by atoms with Crippen LogP contribution in [0.2, 0.25) is 0 Å². The molecule has 0 saturated heterocycles. The van der Waals surface area contributed by atoms with Crippen molar-refractivity contribution >= 4 is 10.0 Å². The van der Waals surface area contributed by atoms with Crippen LogP contribution in [0.1, 0.15) is 5.82 Å². The van der Waals surface area contributed by atoms with Crippen LogP contribution in [0.25, 0.3) is 0 Å². The highest BCUT2D eigenvalue weighted by Crippen LogP contribution is 2.03. The van der Waals surface area contributed by atoms with E-state index >= 15 is 0 Å². The van der Waals surface area contributed by atoms with E-state index in [2.05, 4.69) is 16.5 Å². The number of H-pyrrole nitrogens is 1. The van der Waals surface area contributed by atoms with Crippen LogP contribution < -0.4 is 0 Å². The maximum atomic E-state index is 11.5. The Morgan fingerprint density at radius 1 is 1.71 bits per heavy atom. The molecule has 0 bridgehead atoms. The fourth-order valence-corrected chi connectivity index (χ4v) is 1.84. The van der Waals surface area contributed by atoms with Crippen molar-refractivity contribution in [1.82, 2.24) is 14.3 Å². The van der Waals surface area contributed by atoms with Gasteiger partial charge in [0.1, 0.15) is 5.82 Å². The molecule has 5 nitrogen and oxygen atoms in total. The molecule has 0 fully saturated rings. The van der Waals surface area contributed by atoms with Crippen molar-refractivity contribution in [2.45, 2.75) is 6.54 Å². The van der Waals surface area contributed by atoms with E-state index in [4.69, 9.17) is 0 Å². The fourth-order valence-electron chi connectivity index (χ4n) is 0.970. The molecular weight excluding hydrogens is 202 g/mol. The maximum absolute atomic E-state index is 11.5. The van der Waals surface area contributed by atoms with E-state index in [9.17, 15) is 8.42 Å². The maximum Gasteiger partial charge on any atom is 0.217 e. The molecule has 78 valence electrons. The standard InChI is InChI=1S/C8H13N3O2S/c1-3-6-14(12,13)11(2)7-8-9-4-5-10-8/h3-5H,1,6-7H2,2H3,(H,9,10). The van der Waals surface area contributed by atoms with Crippen LogP contribution in [0.4, 0.5) is 0 Å². The first-order valence-corrected chi connectivity index (χ1v) is 5.70. The molecule has 1 heterocycles. The first-order valence-electron chi connectivity index (χ1n) is 4.09. The highest BCUT2D eigenvalue weighted by Gasteiger charge is 2.16. The summed E-state index contributed by atoms with van der Waals surface area (Å²) in [5, 5.41) is 0. The topological polar surface area (TPSA) is 66.1 Å². The summed E-state index contributed by atoms with van der Waals surface area (Å²) < 4.78 is 24.2. The lowest BCUT2D eigenvalue weighted by Gasteiger charge is -2.14. The first kappa shape index (κ1) is 10.9. The summed E-state index contributed by atoms with van der Waals surface area (Å²) in [4.78, 5) is 6.78. The lowest BCUT2D eigenvalue weighted by atomic mass is 10.6. The van der Waals surface area contributed by atoms with Gasteiger partial charge in [0.05, 0.1) is 12.3 Å². The van der Waals surface area contributed by atoms with Gasteiger partial charge in [0, 0.05) is 19.4 Å². The third-order valence-electron chi connectivity index (χ3n) is 1.73. The van der Waals surface area contributed by atoms with Crippen molar-refractivity contribution in [3.05, 3.63) is 30.9 Å². The van der Waals surface area contributed by atoms with Crippen LogP contribution in [0.3, 0.4) is 0 Å². The second kappa shape index (κ2) is 4.39. The highest BCUT2D eigenvalue weighted by atomic mass is 32.2. The quantitative estimate of drug-likeness (QED) is 0.721. The van der Waals surface area contributed by atoms with E-state index in [1.165, 1.54) is 17.4 Å². The van der Waals surface area contributed by atoms with Crippen molar-refractivity contribution in [3.63, 3.8) is 0 Å². The van der Waals surface area contributed by atoms with Gasteiger partial charge in [-0.25, -0.2) is 13.4 Å². The SMILES string of the molecule is C=CCS(=O)(=O)N(C)Cc1ncc[nH]1.